The summed E-state index contributed by atoms with van der Waals surface area (Å²) in [7, 11) is 3.64. The van der Waals surface area contributed by atoms with Crippen molar-refractivity contribution in [2.75, 3.05) is 33.0 Å². The first-order chi connectivity index (χ1) is 8.19. The molecule has 2 N–H and O–H groups in total. The molecule has 0 unspecified atom stereocenters. The van der Waals surface area contributed by atoms with Gasteiger partial charge in [0.05, 0.1) is 13.2 Å². The highest BCUT2D eigenvalue weighted by molar-refractivity contribution is 5.29. The number of nitrogens with zero attached hydrogens (tertiary/aromatic N) is 3. The van der Waals surface area contributed by atoms with Crippen LogP contribution in [0.2, 0.25) is 0 Å². The van der Waals surface area contributed by atoms with E-state index in [1.165, 1.54) is 20.0 Å². The largest absolute Gasteiger partial charge is 0.481 e. The van der Waals surface area contributed by atoms with Crippen molar-refractivity contribution in [2.24, 2.45) is 0 Å². The fraction of sp³-hybridized carbons (Fsp3) is 0.636. The summed E-state index contributed by atoms with van der Waals surface area (Å²) in [5, 5.41) is 0. The van der Waals surface area contributed by atoms with E-state index >= 15 is 0 Å². The van der Waals surface area contributed by atoms with Crippen molar-refractivity contribution < 1.29 is 9.47 Å². The summed E-state index contributed by atoms with van der Waals surface area (Å²) in [5.74, 6) is 1.04. The van der Waals surface area contributed by atoms with Crippen LogP contribution in [0.5, 0.6) is 11.8 Å². The highest BCUT2D eigenvalue weighted by atomic mass is 16.5. The molecule has 0 bridgehead atoms. The Balaban J connectivity index is 1.83. The summed E-state index contributed by atoms with van der Waals surface area (Å²) in [4.78, 5) is 10.2. The summed E-state index contributed by atoms with van der Waals surface area (Å²) in [5.41, 5.74) is 5.53. The van der Waals surface area contributed by atoms with Crippen LogP contribution in [-0.4, -0.2) is 48.2 Å². The molecular weight excluding hydrogens is 220 g/mol. The first-order valence-corrected chi connectivity index (χ1v) is 5.70. The molecule has 0 atom stereocenters. The molecule has 0 radical (unpaired) electrons. The molecule has 17 heavy (non-hydrogen) atoms. The summed E-state index contributed by atoms with van der Waals surface area (Å²) < 4.78 is 10.5. The second kappa shape index (κ2) is 5.18. The molecular formula is C11H18N4O2. The zero-order valence-corrected chi connectivity index (χ0v) is 10.2. The van der Waals surface area contributed by atoms with Gasteiger partial charge in [0.2, 0.25) is 17.7 Å². The van der Waals surface area contributed by atoms with Crippen LogP contribution < -0.4 is 15.2 Å². The van der Waals surface area contributed by atoms with E-state index in [0.717, 1.165) is 12.6 Å². The number of anilines is 1. The number of aromatic nitrogens is 2. The van der Waals surface area contributed by atoms with Crippen molar-refractivity contribution in [3.63, 3.8) is 0 Å². The van der Waals surface area contributed by atoms with Crippen LogP contribution in [-0.2, 0) is 0 Å². The van der Waals surface area contributed by atoms with Crippen LogP contribution in [0.3, 0.4) is 0 Å². The van der Waals surface area contributed by atoms with Gasteiger partial charge in [0, 0.05) is 12.6 Å². The minimum absolute atomic E-state index is 0.162. The maximum absolute atomic E-state index is 5.53. The van der Waals surface area contributed by atoms with Crippen LogP contribution in [0.15, 0.2) is 6.07 Å². The Hall–Kier alpha value is -1.56. The van der Waals surface area contributed by atoms with Crippen LogP contribution in [0.4, 0.5) is 5.95 Å². The average molecular weight is 238 g/mol. The summed E-state index contributed by atoms with van der Waals surface area (Å²) >= 11 is 0. The van der Waals surface area contributed by atoms with E-state index < -0.39 is 0 Å². The predicted molar refractivity (Wildman–Crippen MR) is 64.1 cm³/mol. The van der Waals surface area contributed by atoms with Crippen LogP contribution in [0, 0.1) is 0 Å². The van der Waals surface area contributed by atoms with Gasteiger partial charge in [-0.3, -0.25) is 0 Å². The number of ether oxygens (including phenoxy) is 2. The molecule has 6 nitrogen and oxygen atoms in total. The van der Waals surface area contributed by atoms with Gasteiger partial charge in [-0.05, 0) is 19.9 Å². The highest BCUT2D eigenvalue weighted by Gasteiger charge is 2.25. The van der Waals surface area contributed by atoms with Crippen LogP contribution >= 0.6 is 0 Å². The van der Waals surface area contributed by atoms with Gasteiger partial charge in [0.25, 0.3) is 0 Å². The van der Waals surface area contributed by atoms with Crippen molar-refractivity contribution >= 4 is 5.95 Å². The Morgan fingerprint density at radius 1 is 1.41 bits per heavy atom. The summed E-state index contributed by atoms with van der Waals surface area (Å²) in [6.45, 7) is 1.48. The summed E-state index contributed by atoms with van der Waals surface area (Å²) in [6.07, 6.45) is 2.59. The van der Waals surface area contributed by atoms with Crippen LogP contribution in [0.25, 0.3) is 0 Å². The van der Waals surface area contributed by atoms with E-state index in [4.69, 9.17) is 15.2 Å². The van der Waals surface area contributed by atoms with Gasteiger partial charge in [0.15, 0.2) is 0 Å². The molecule has 1 aliphatic rings. The fourth-order valence-corrected chi connectivity index (χ4v) is 1.59. The van der Waals surface area contributed by atoms with Gasteiger partial charge in [-0.15, -0.1) is 0 Å². The second-order valence-electron chi connectivity index (χ2n) is 4.17. The quantitative estimate of drug-likeness (QED) is 0.779. The predicted octanol–water partition coefficient (Wildman–Crippen LogP) is 0.540. The molecule has 0 aromatic carbocycles. The Kier molecular flexibility index (Phi) is 3.63. The van der Waals surface area contributed by atoms with Crippen molar-refractivity contribution in [1.29, 1.82) is 0 Å². The van der Waals surface area contributed by atoms with Gasteiger partial charge >= 0.3 is 0 Å². The summed E-state index contributed by atoms with van der Waals surface area (Å²) in [6, 6.07) is 2.37. The maximum atomic E-state index is 5.53. The molecule has 94 valence electrons. The van der Waals surface area contributed by atoms with E-state index in [2.05, 4.69) is 21.9 Å². The molecule has 1 heterocycles. The minimum atomic E-state index is 0.162. The highest BCUT2D eigenvalue weighted by Crippen LogP contribution is 2.24. The maximum Gasteiger partial charge on any atom is 0.226 e. The zero-order chi connectivity index (χ0) is 12.3. The molecule has 0 saturated heterocycles. The Morgan fingerprint density at radius 3 is 2.76 bits per heavy atom. The van der Waals surface area contributed by atoms with Crippen molar-refractivity contribution in [2.45, 2.75) is 18.9 Å². The standard InChI is InChI=1S/C11H18N4O2/c1-15(8-3-4-8)5-6-17-10-7-9(16-2)13-11(12)14-10/h7-8H,3-6H2,1-2H3,(H2,12,13,14). The number of methoxy groups -OCH3 is 1. The van der Waals surface area contributed by atoms with E-state index in [-0.39, 0.29) is 5.95 Å². The van der Waals surface area contributed by atoms with Gasteiger partial charge < -0.3 is 20.1 Å². The number of likely N-dealkylation sites (N-methyl/N-ethyl adjacent to an activating group) is 1. The number of nitrogen functional groups attached to an aromatic ring is 1. The molecule has 1 aromatic heterocycles. The molecule has 1 fully saturated rings. The smallest absolute Gasteiger partial charge is 0.226 e. The minimum Gasteiger partial charge on any atom is -0.481 e. The molecule has 6 heteroatoms. The lowest BCUT2D eigenvalue weighted by molar-refractivity contribution is 0.225. The SMILES string of the molecule is COc1cc(OCCN(C)C2CC2)nc(N)n1. The Labute approximate surface area is 101 Å². The second-order valence-corrected chi connectivity index (χ2v) is 4.17. The lowest BCUT2D eigenvalue weighted by Gasteiger charge is -2.15. The van der Waals surface area contributed by atoms with Gasteiger partial charge in [-0.25, -0.2) is 0 Å². The molecule has 1 aromatic rings. The number of hydrogen-bond donors (Lipinski definition) is 1. The van der Waals surface area contributed by atoms with Crippen molar-refractivity contribution in [3.8, 4) is 11.8 Å². The molecule has 0 spiro atoms. The van der Waals surface area contributed by atoms with E-state index in [1.54, 1.807) is 6.07 Å². The third-order valence-corrected chi connectivity index (χ3v) is 2.77. The molecule has 2 rings (SSSR count). The number of hydrogen-bond acceptors (Lipinski definition) is 6. The van der Waals surface area contributed by atoms with Gasteiger partial charge in [-0.1, -0.05) is 0 Å². The lowest BCUT2D eigenvalue weighted by atomic mass is 10.5. The third-order valence-electron chi connectivity index (χ3n) is 2.77. The van der Waals surface area contributed by atoms with Crippen molar-refractivity contribution in [1.82, 2.24) is 14.9 Å². The monoisotopic (exact) mass is 238 g/mol. The normalized spacial score (nSPS) is 15.0. The zero-order valence-electron chi connectivity index (χ0n) is 10.2. The van der Waals surface area contributed by atoms with E-state index in [1.807, 2.05) is 0 Å². The lowest BCUT2D eigenvalue weighted by Crippen LogP contribution is -2.26. The topological polar surface area (TPSA) is 73.5 Å². The third kappa shape index (κ3) is 3.45. The fourth-order valence-electron chi connectivity index (χ4n) is 1.59. The van der Waals surface area contributed by atoms with Crippen molar-refractivity contribution in [3.05, 3.63) is 6.07 Å². The van der Waals surface area contributed by atoms with Gasteiger partial charge in [-0.2, -0.15) is 9.97 Å². The molecule has 1 aliphatic carbocycles. The van der Waals surface area contributed by atoms with Crippen LogP contribution in [0.1, 0.15) is 12.8 Å². The average Bonchev–Trinajstić information content (AvgIpc) is 3.12. The van der Waals surface area contributed by atoms with Gasteiger partial charge in [0.1, 0.15) is 6.61 Å². The molecule has 1 saturated carbocycles. The number of nitrogens with two attached hydrogens (primary N) is 1. The number of rotatable bonds is 6. The Morgan fingerprint density at radius 2 is 2.12 bits per heavy atom. The Bertz CT molecular complexity index is 382. The molecule has 0 amide bonds. The first kappa shape index (κ1) is 11.9. The first-order valence-electron chi connectivity index (χ1n) is 5.70. The van der Waals surface area contributed by atoms with E-state index in [9.17, 15) is 0 Å². The molecule has 0 aliphatic heterocycles. The van der Waals surface area contributed by atoms with E-state index in [0.29, 0.717) is 18.4 Å².